The first-order valence-corrected chi connectivity index (χ1v) is 9.97. The van der Waals surface area contributed by atoms with Crippen molar-refractivity contribution in [2.24, 2.45) is 0 Å². The molecule has 2 aliphatic heterocycles. The quantitative estimate of drug-likeness (QED) is 0.793. The third-order valence-electron chi connectivity index (χ3n) is 5.60. The van der Waals surface area contributed by atoms with Gasteiger partial charge in [-0.2, -0.15) is 0 Å². The highest BCUT2D eigenvalue weighted by Gasteiger charge is 2.59. The van der Waals surface area contributed by atoms with Gasteiger partial charge in [-0.3, -0.25) is 9.59 Å². The number of hydrogen-bond acceptors (Lipinski definition) is 3. The molecule has 1 fully saturated rings. The molecule has 1 spiro atoms. The number of benzene rings is 2. The monoisotopic (exact) mass is 418 g/mol. The average molecular weight is 419 g/mol. The standard InChI is InChI=1S/C21H20Cl2N2O3/c1-2-28-18-10-19(26)24-11-16(12-4-3-5-13(22)8-12)21(18)15-7-6-14(23)9-17(15)25-20(21)27/h3-9,16,18H,2,10-11H2,1H3,(H,24,26)(H,25,27)/t16-,18-,21-/m0/s1. The number of hydrogen-bond donors (Lipinski definition) is 2. The summed E-state index contributed by atoms with van der Waals surface area (Å²) in [4.78, 5) is 26.0. The van der Waals surface area contributed by atoms with Gasteiger partial charge < -0.3 is 15.4 Å². The molecule has 2 aliphatic rings. The summed E-state index contributed by atoms with van der Waals surface area (Å²) in [5.41, 5.74) is 1.25. The van der Waals surface area contributed by atoms with Crippen molar-refractivity contribution >= 4 is 40.7 Å². The summed E-state index contributed by atoms with van der Waals surface area (Å²) >= 11 is 12.4. The summed E-state index contributed by atoms with van der Waals surface area (Å²) in [5, 5.41) is 7.02. The fourth-order valence-electron chi connectivity index (χ4n) is 4.49. The number of fused-ring (bicyclic) bond motifs is 2. The minimum Gasteiger partial charge on any atom is -0.376 e. The highest BCUT2D eigenvalue weighted by Crippen LogP contribution is 2.52. The topological polar surface area (TPSA) is 67.4 Å². The number of rotatable bonds is 3. The van der Waals surface area contributed by atoms with Crippen molar-refractivity contribution in [3.05, 3.63) is 63.6 Å². The SMILES string of the molecule is CCO[C@H]1CC(=O)NC[C@@H](c2cccc(Cl)c2)[C@]12C(=O)Nc1cc(Cl)ccc12. The lowest BCUT2D eigenvalue weighted by Gasteiger charge is -2.40. The van der Waals surface area contributed by atoms with E-state index in [1.807, 2.05) is 31.2 Å². The van der Waals surface area contributed by atoms with E-state index >= 15 is 0 Å². The van der Waals surface area contributed by atoms with Crippen LogP contribution in [-0.2, 0) is 19.7 Å². The Hall–Kier alpha value is -2.08. The number of carbonyl (C=O) groups excluding carboxylic acids is 2. The first-order valence-electron chi connectivity index (χ1n) is 9.22. The van der Waals surface area contributed by atoms with Crippen molar-refractivity contribution in [2.45, 2.75) is 30.8 Å². The summed E-state index contributed by atoms with van der Waals surface area (Å²) in [6.07, 6.45) is -0.521. The van der Waals surface area contributed by atoms with Gasteiger partial charge in [0.25, 0.3) is 0 Å². The molecule has 28 heavy (non-hydrogen) atoms. The molecule has 7 heteroatoms. The Balaban J connectivity index is 1.98. The lowest BCUT2D eigenvalue weighted by atomic mass is 9.64. The summed E-state index contributed by atoms with van der Waals surface area (Å²) < 4.78 is 6.02. The molecule has 0 bridgehead atoms. The Kier molecular flexibility index (Phi) is 5.08. The van der Waals surface area contributed by atoms with Gasteiger partial charge in [0.15, 0.2) is 0 Å². The maximum atomic E-state index is 13.5. The Labute approximate surface area is 173 Å². The Morgan fingerprint density at radius 3 is 2.68 bits per heavy atom. The van der Waals surface area contributed by atoms with Crippen LogP contribution in [0.1, 0.15) is 30.4 Å². The van der Waals surface area contributed by atoms with Gasteiger partial charge >= 0.3 is 0 Å². The molecule has 2 amide bonds. The van der Waals surface area contributed by atoms with Gasteiger partial charge in [0.2, 0.25) is 11.8 Å². The average Bonchev–Trinajstić information content (AvgIpc) is 2.84. The summed E-state index contributed by atoms with van der Waals surface area (Å²) in [6.45, 7) is 2.55. The zero-order valence-electron chi connectivity index (χ0n) is 15.3. The Bertz CT molecular complexity index is 949. The third-order valence-corrected chi connectivity index (χ3v) is 6.07. The predicted molar refractivity (Wildman–Crippen MR) is 109 cm³/mol. The molecule has 0 unspecified atom stereocenters. The van der Waals surface area contributed by atoms with Gasteiger partial charge in [-0.15, -0.1) is 0 Å². The Morgan fingerprint density at radius 1 is 1.14 bits per heavy atom. The molecule has 0 aliphatic carbocycles. The van der Waals surface area contributed by atoms with Gasteiger partial charge in [0.05, 0.1) is 12.5 Å². The first-order chi connectivity index (χ1) is 13.5. The summed E-state index contributed by atoms with van der Waals surface area (Å²) in [5.74, 6) is -0.682. The highest BCUT2D eigenvalue weighted by molar-refractivity contribution is 6.31. The van der Waals surface area contributed by atoms with Crippen LogP contribution in [0, 0.1) is 0 Å². The zero-order valence-corrected chi connectivity index (χ0v) is 16.8. The lowest BCUT2D eigenvalue weighted by Crippen LogP contribution is -2.51. The minimum absolute atomic E-state index is 0.0976. The normalized spacial score (nSPS) is 26.5. The molecule has 3 atom stereocenters. The van der Waals surface area contributed by atoms with E-state index in [0.29, 0.717) is 28.9 Å². The molecular weight excluding hydrogens is 399 g/mol. The van der Waals surface area contributed by atoms with Crippen molar-refractivity contribution in [3.63, 3.8) is 0 Å². The van der Waals surface area contributed by atoms with E-state index in [9.17, 15) is 9.59 Å². The van der Waals surface area contributed by atoms with Gasteiger partial charge in [0.1, 0.15) is 5.41 Å². The molecular formula is C21H20Cl2N2O3. The molecule has 1 saturated heterocycles. The number of nitrogens with one attached hydrogen (secondary N) is 2. The Morgan fingerprint density at radius 2 is 1.93 bits per heavy atom. The molecule has 2 heterocycles. The minimum atomic E-state index is -1.07. The van der Waals surface area contributed by atoms with Crippen LogP contribution >= 0.6 is 23.2 Å². The van der Waals surface area contributed by atoms with Crippen LogP contribution in [-0.4, -0.2) is 31.1 Å². The van der Waals surface area contributed by atoms with E-state index in [2.05, 4.69) is 10.6 Å². The highest BCUT2D eigenvalue weighted by atomic mass is 35.5. The van der Waals surface area contributed by atoms with Crippen LogP contribution in [0.4, 0.5) is 5.69 Å². The van der Waals surface area contributed by atoms with E-state index in [1.54, 1.807) is 18.2 Å². The largest absolute Gasteiger partial charge is 0.376 e. The number of amides is 2. The van der Waals surface area contributed by atoms with E-state index in [1.165, 1.54) is 0 Å². The van der Waals surface area contributed by atoms with Crippen LogP contribution in [0.2, 0.25) is 10.0 Å². The van der Waals surface area contributed by atoms with Crippen molar-refractivity contribution < 1.29 is 14.3 Å². The van der Waals surface area contributed by atoms with Crippen molar-refractivity contribution in [2.75, 3.05) is 18.5 Å². The summed E-state index contributed by atoms with van der Waals surface area (Å²) in [6, 6.07) is 12.8. The smallest absolute Gasteiger partial charge is 0.238 e. The number of ether oxygens (including phenoxy) is 1. The maximum Gasteiger partial charge on any atom is 0.238 e. The molecule has 5 nitrogen and oxygen atoms in total. The second kappa shape index (κ2) is 7.39. The molecule has 0 saturated carbocycles. The van der Waals surface area contributed by atoms with Crippen molar-refractivity contribution in [1.29, 1.82) is 0 Å². The number of halogens is 2. The second-order valence-electron chi connectivity index (χ2n) is 7.07. The predicted octanol–water partition coefficient (Wildman–Crippen LogP) is 3.89. The van der Waals surface area contributed by atoms with Gasteiger partial charge in [0, 0.05) is 34.8 Å². The second-order valence-corrected chi connectivity index (χ2v) is 7.95. The fourth-order valence-corrected chi connectivity index (χ4v) is 4.86. The van der Waals surface area contributed by atoms with Crippen LogP contribution in [0.15, 0.2) is 42.5 Å². The van der Waals surface area contributed by atoms with E-state index in [-0.39, 0.29) is 24.2 Å². The molecule has 2 aromatic rings. The lowest BCUT2D eigenvalue weighted by molar-refractivity contribution is -0.130. The van der Waals surface area contributed by atoms with Crippen LogP contribution in [0.25, 0.3) is 0 Å². The van der Waals surface area contributed by atoms with Gasteiger partial charge in [-0.25, -0.2) is 0 Å². The first kappa shape index (κ1) is 19.2. The third kappa shape index (κ3) is 2.98. The van der Waals surface area contributed by atoms with E-state index < -0.39 is 11.5 Å². The maximum absolute atomic E-state index is 13.5. The van der Waals surface area contributed by atoms with E-state index in [0.717, 1.165) is 11.1 Å². The molecule has 2 aromatic carbocycles. The number of carbonyl (C=O) groups is 2. The molecule has 2 N–H and O–H groups in total. The fraction of sp³-hybridized carbons (Fsp3) is 0.333. The molecule has 4 rings (SSSR count). The zero-order chi connectivity index (χ0) is 19.9. The van der Waals surface area contributed by atoms with E-state index in [4.69, 9.17) is 27.9 Å². The van der Waals surface area contributed by atoms with Gasteiger partial charge in [-0.1, -0.05) is 41.4 Å². The van der Waals surface area contributed by atoms with Crippen LogP contribution in [0.5, 0.6) is 0 Å². The molecule has 0 aromatic heterocycles. The van der Waals surface area contributed by atoms with Crippen LogP contribution < -0.4 is 10.6 Å². The molecule has 146 valence electrons. The van der Waals surface area contributed by atoms with Crippen molar-refractivity contribution in [1.82, 2.24) is 5.32 Å². The van der Waals surface area contributed by atoms with Gasteiger partial charge in [-0.05, 0) is 42.3 Å². The van der Waals surface area contributed by atoms with Crippen molar-refractivity contribution in [3.8, 4) is 0 Å². The van der Waals surface area contributed by atoms with Crippen LogP contribution in [0.3, 0.4) is 0 Å². The molecule has 0 radical (unpaired) electrons. The summed E-state index contributed by atoms with van der Waals surface area (Å²) in [7, 11) is 0. The number of anilines is 1.